The lowest BCUT2D eigenvalue weighted by Crippen LogP contribution is -2.42. The second-order valence-electron chi connectivity index (χ2n) is 7.12. The molecule has 0 bridgehead atoms. The Bertz CT molecular complexity index is 213. The number of hydrogen-bond donors (Lipinski definition) is 1. The Morgan fingerprint density at radius 1 is 1.24 bits per heavy atom. The van der Waals surface area contributed by atoms with Crippen LogP contribution in [0.5, 0.6) is 0 Å². The van der Waals surface area contributed by atoms with E-state index in [4.69, 9.17) is 0 Å². The molecule has 102 valence electrons. The third kappa shape index (κ3) is 5.39. The first-order valence-electron chi connectivity index (χ1n) is 7.26. The predicted octanol–water partition coefficient (Wildman–Crippen LogP) is 3.13. The number of hydrogen-bond acceptors (Lipinski definition) is 2. The fourth-order valence-corrected chi connectivity index (χ4v) is 2.64. The summed E-state index contributed by atoms with van der Waals surface area (Å²) < 4.78 is 0. The maximum absolute atomic E-state index is 3.48. The average molecular weight is 240 g/mol. The van der Waals surface area contributed by atoms with Crippen molar-refractivity contribution in [3.05, 3.63) is 0 Å². The van der Waals surface area contributed by atoms with Gasteiger partial charge in [0.15, 0.2) is 0 Å². The van der Waals surface area contributed by atoms with Crippen LogP contribution in [0.3, 0.4) is 0 Å². The minimum atomic E-state index is 0.363. The van der Waals surface area contributed by atoms with Gasteiger partial charge in [-0.25, -0.2) is 0 Å². The molecule has 0 aromatic rings. The highest BCUT2D eigenvalue weighted by Crippen LogP contribution is 2.29. The Hall–Kier alpha value is -0.0800. The summed E-state index contributed by atoms with van der Waals surface area (Å²) in [5.74, 6) is 0.790. The van der Waals surface area contributed by atoms with E-state index < -0.39 is 0 Å². The Labute approximate surface area is 108 Å². The topological polar surface area (TPSA) is 15.3 Å². The van der Waals surface area contributed by atoms with Crippen molar-refractivity contribution >= 4 is 0 Å². The highest BCUT2D eigenvalue weighted by Gasteiger charge is 2.30. The fraction of sp³-hybridized carbons (Fsp3) is 1.00. The second-order valence-corrected chi connectivity index (χ2v) is 7.12. The SMILES string of the molecule is CNC(CCN(CC(C)C)C1CC1)C(C)(C)C. The van der Waals surface area contributed by atoms with Gasteiger partial charge < -0.3 is 10.2 Å². The molecule has 0 saturated heterocycles. The third-order valence-electron chi connectivity index (χ3n) is 3.76. The van der Waals surface area contributed by atoms with Gasteiger partial charge in [-0.2, -0.15) is 0 Å². The van der Waals surface area contributed by atoms with E-state index in [-0.39, 0.29) is 0 Å². The molecule has 1 aliphatic rings. The molecule has 0 amide bonds. The summed E-state index contributed by atoms with van der Waals surface area (Å²) in [7, 11) is 2.10. The molecular formula is C15H32N2. The smallest absolute Gasteiger partial charge is 0.0125 e. The van der Waals surface area contributed by atoms with Crippen LogP contribution in [0.15, 0.2) is 0 Å². The summed E-state index contributed by atoms with van der Waals surface area (Å²) in [6, 6.07) is 1.52. The molecule has 1 aliphatic carbocycles. The van der Waals surface area contributed by atoms with Crippen molar-refractivity contribution in [3.63, 3.8) is 0 Å². The van der Waals surface area contributed by atoms with Crippen molar-refractivity contribution in [1.29, 1.82) is 0 Å². The van der Waals surface area contributed by atoms with Crippen LogP contribution in [0, 0.1) is 11.3 Å². The Balaban J connectivity index is 2.39. The Morgan fingerprint density at radius 3 is 2.18 bits per heavy atom. The van der Waals surface area contributed by atoms with Crippen molar-refractivity contribution < 1.29 is 0 Å². The van der Waals surface area contributed by atoms with Gasteiger partial charge in [0.05, 0.1) is 0 Å². The van der Waals surface area contributed by atoms with E-state index in [2.05, 4.69) is 51.9 Å². The first-order valence-corrected chi connectivity index (χ1v) is 7.26. The van der Waals surface area contributed by atoms with Gasteiger partial charge in [0.25, 0.3) is 0 Å². The molecule has 0 heterocycles. The number of nitrogens with one attached hydrogen (secondary N) is 1. The van der Waals surface area contributed by atoms with Crippen LogP contribution in [0.2, 0.25) is 0 Å². The van der Waals surface area contributed by atoms with Crippen molar-refractivity contribution in [1.82, 2.24) is 10.2 Å². The summed E-state index contributed by atoms with van der Waals surface area (Å²) in [5, 5.41) is 3.48. The monoisotopic (exact) mass is 240 g/mol. The van der Waals surface area contributed by atoms with Crippen LogP contribution in [-0.4, -0.2) is 37.1 Å². The highest BCUT2D eigenvalue weighted by atomic mass is 15.2. The van der Waals surface area contributed by atoms with Crippen molar-refractivity contribution in [2.24, 2.45) is 11.3 Å². The fourth-order valence-electron chi connectivity index (χ4n) is 2.64. The lowest BCUT2D eigenvalue weighted by Gasteiger charge is -2.33. The standard InChI is InChI=1S/C15H32N2/c1-12(2)11-17(13-7-8-13)10-9-14(16-6)15(3,4)5/h12-14,16H,7-11H2,1-6H3. The van der Waals surface area contributed by atoms with Crippen LogP contribution in [0.4, 0.5) is 0 Å². The van der Waals surface area contributed by atoms with Gasteiger partial charge in [0.1, 0.15) is 0 Å². The van der Waals surface area contributed by atoms with Gasteiger partial charge in [-0.15, -0.1) is 0 Å². The summed E-state index contributed by atoms with van der Waals surface area (Å²) in [6.07, 6.45) is 4.11. The zero-order valence-electron chi connectivity index (χ0n) is 12.7. The predicted molar refractivity (Wildman–Crippen MR) is 76.4 cm³/mol. The lowest BCUT2D eigenvalue weighted by molar-refractivity contribution is 0.190. The zero-order chi connectivity index (χ0) is 13.1. The van der Waals surface area contributed by atoms with Gasteiger partial charge in [0.2, 0.25) is 0 Å². The third-order valence-corrected chi connectivity index (χ3v) is 3.76. The molecule has 1 N–H and O–H groups in total. The van der Waals surface area contributed by atoms with Crippen molar-refractivity contribution in [2.45, 2.75) is 66.0 Å². The first kappa shape index (κ1) is 15.0. The van der Waals surface area contributed by atoms with Gasteiger partial charge in [-0.3, -0.25) is 0 Å². The van der Waals surface area contributed by atoms with E-state index in [1.807, 2.05) is 0 Å². The maximum Gasteiger partial charge on any atom is 0.0125 e. The number of nitrogens with zero attached hydrogens (tertiary/aromatic N) is 1. The van der Waals surface area contributed by atoms with E-state index in [1.54, 1.807) is 0 Å². The normalized spacial score (nSPS) is 19.1. The van der Waals surface area contributed by atoms with Gasteiger partial charge in [0, 0.05) is 18.6 Å². The minimum Gasteiger partial charge on any atom is -0.316 e. The van der Waals surface area contributed by atoms with Crippen LogP contribution in [-0.2, 0) is 0 Å². The van der Waals surface area contributed by atoms with E-state index in [0.29, 0.717) is 11.5 Å². The van der Waals surface area contributed by atoms with Crippen LogP contribution in [0.1, 0.15) is 53.9 Å². The Kier molecular flexibility index (Phi) is 5.46. The number of rotatable bonds is 7. The molecule has 0 aliphatic heterocycles. The van der Waals surface area contributed by atoms with Crippen LogP contribution < -0.4 is 5.32 Å². The largest absolute Gasteiger partial charge is 0.316 e. The molecule has 0 radical (unpaired) electrons. The first-order chi connectivity index (χ1) is 7.84. The Morgan fingerprint density at radius 2 is 1.82 bits per heavy atom. The second kappa shape index (κ2) is 6.19. The maximum atomic E-state index is 3.48. The molecule has 17 heavy (non-hydrogen) atoms. The molecule has 1 unspecified atom stereocenters. The molecule has 1 atom stereocenters. The molecule has 0 spiro atoms. The minimum absolute atomic E-state index is 0.363. The molecule has 1 rings (SSSR count). The highest BCUT2D eigenvalue weighted by molar-refractivity contribution is 4.87. The molecule has 0 aromatic heterocycles. The molecule has 2 heteroatoms. The van der Waals surface area contributed by atoms with Crippen LogP contribution >= 0.6 is 0 Å². The van der Waals surface area contributed by atoms with E-state index in [1.165, 1.54) is 32.4 Å². The molecule has 1 fully saturated rings. The quantitative estimate of drug-likeness (QED) is 0.735. The van der Waals surface area contributed by atoms with E-state index >= 15 is 0 Å². The van der Waals surface area contributed by atoms with Gasteiger partial charge >= 0.3 is 0 Å². The van der Waals surface area contributed by atoms with E-state index in [9.17, 15) is 0 Å². The molecule has 1 saturated carbocycles. The molecule has 0 aromatic carbocycles. The summed E-state index contributed by atoms with van der Waals surface area (Å²) in [4.78, 5) is 2.71. The van der Waals surface area contributed by atoms with Crippen molar-refractivity contribution in [3.8, 4) is 0 Å². The molecule has 2 nitrogen and oxygen atoms in total. The average Bonchev–Trinajstić information content (AvgIpc) is 2.97. The zero-order valence-corrected chi connectivity index (χ0v) is 12.7. The lowest BCUT2D eigenvalue weighted by atomic mass is 9.85. The summed E-state index contributed by atoms with van der Waals surface area (Å²) in [5.41, 5.74) is 0.363. The van der Waals surface area contributed by atoms with Crippen LogP contribution in [0.25, 0.3) is 0 Å². The molecular weight excluding hydrogens is 208 g/mol. The van der Waals surface area contributed by atoms with Gasteiger partial charge in [-0.05, 0) is 44.2 Å². The van der Waals surface area contributed by atoms with E-state index in [0.717, 1.165) is 12.0 Å². The van der Waals surface area contributed by atoms with Gasteiger partial charge in [-0.1, -0.05) is 34.6 Å². The summed E-state index contributed by atoms with van der Waals surface area (Å²) >= 11 is 0. The summed E-state index contributed by atoms with van der Waals surface area (Å²) in [6.45, 7) is 14.2. The van der Waals surface area contributed by atoms with Crippen molar-refractivity contribution in [2.75, 3.05) is 20.1 Å².